The molecule has 0 saturated heterocycles. The molecule has 0 spiro atoms. The van der Waals surface area contributed by atoms with Gasteiger partial charge in [-0.2, -0.15) is 36.7 Å². The molecule has 4 rings (SSSR count). The van der Waals surface area contributed by atoms with Crippen molar-refractivity contribution in [1.29, 1.82) is 5.26 Å². The molecule has 1 aliphatic rings. The molecular formula is C17H10ClF6N5OS. The molecule has 6 nitrogen and oxygen atoms in total. The highest BCUT2D eigenvalue weighted by Gasteiger charge is 2.47. The minimum atomic E-state index is -4.74. The van der Waals surface area contributed by atoms with E-state index in [4.69, 9.17) is 16.9 Å². The van der Waals surface area contributed by atoms with Crippen molar-refractivity contribution in [1.82, 2.24) is 19.2 Å². The minimum absolute atomic E-state index is 0.0684. The van der Waals surface area contributed by atoms with E-state index in [-0.39, 0.29) is 45.2 Å². The third-order valence-corrected chi connectivity index (χ3v) is 6.23. The molecule has 0 aromatic carbocycles. The van der Waals surface area contributed by atoms with E-state index in [1.165, 1.54) is 0 Å². The highest BCUT2D eigenvalue weighted by molar-refractivity contribution is 7.17. The maximum absolute atomic E-state index is 13.6. The fourth-order valence-electron chi connectivity index (χ4n) is 3.38. The zero-order chi connectivity index (χ0) is 22.7. The Hall–Kier alpha value is -2.59. The van der Waals surface area contributed by atoms with Crippen LogP contribution in [0.15, 0.2) is 16.9 Å². The van der Waals surface area contributed by atoms with Crippen molar-refractivity contribution >= 4 is 27.9 Å². The Morgan fingerprint density at radius 1 is 1.23 bits per heavy atom. The summed E-state index contributed by atoms with van der Waals surface area (Å²) in [7, 11) is 0. The molecule has 14 heteroatoms. The van der Waals surface area contributed by atoms with Crippen LogP contribution in [0, 0.1) is 17.2 Å². The van der Waals surface area contributed by atoms with Crippen molar-refractivity contribution in [2.24, 2.45) is 5.92 Å². The van der Waals surface area contributed by atoms with E-state index in [0.29, 0.717) is 12.5 Å². The predicted molar refractivity (Wildman–Crippen MR) is 96.8 cm³/mol. The molecule has 0 bridgehead atoms. The molecule has 1 saturated carbocycles. The number of hydrogen-bond donors (Lipinski definition) is 0. The van der Waals surface area contributed by atoms with Crippen molar-refractivity contribution in [2.75, 3.05) is 0 Å². The van der Waals surface area contributed by atoms with E-state index in [1.807, 2.05) is 6.07 Å². The highest BCUT2D eigenvalue weighted by atomic mass is 35.5. The Morgan fingerprint density at radius 2 is 1.94 bits per heavy atom. The first-order valence-electron chi connectivity index (χ1n) is 8.70. The van der Waals surface area contributed by atoms with E-state index < -0.39 is 40.9 Å². The Labute approximate surface area is 178 Å². The third-order valence-electron chi connectivity index (χ3n) is 4.83. The minimum Gasteiger partial charge on any atom is -0.269 e. The van der Waals surface area contributed by atoms with Crippen molar-refractivity contribution in [3.05, 3.63) is 49.6 Å². The molecule has 0 aliphatic heterocycles. The highest BCUT2D eigenvalue weighted by Crippen LogP contribution is 2.54. The van der Waals surface area contributed by atoms with Crippen LogP contribution in [0.3, 0.4) is 0 Å². The molecule has 3 aromatic rings. The molecule has 2 atom stereocenters. The maximum atomic E-state index is 13.6. The number of alkyl halides is 6. The van der Waals surface area contributed by atoms with Crippen LogP contribution >= 0.6 is 22.9 Å². The normalized spacial score (nSPS) is 19.0. The van der Waals surface area contributed by atoms with E-state index in [9.17, 15) is 31.1 Å². The summed E-state index contributed by atoms with van der Waals surface area (Å²) in [6, 6.07) is 3.45. The standard InChI is InChI=1S/C17H10ClF6N5OS/c18-11-5-10(16(19,20)21)27-28(11)6-8-4-12(30)29-13(9-3-7(9)1-2-25)14(17(22,23)24)31-15(29)26-8/h4-5,7,9H,1,3,6H2/t7-,9-/m1/s1. The van der Waals surface area contributed by atoms with Gasteiger partial charge in [-0.25, -0.2) is 9.67 Å². The number of nitriles is 1. The van der Waals surface area contributed by atoms with Gasteiger partial charge in [0.1, 0.15) is 10.0 Å². The lowest BCUT2D eigenvalue weighted by Gasteiger charge is -2.08. The Balaban J connectivity index is 1.77. The van der Waals surface area contributed by atoms with Gasteiger partial charge in [0.15, 0.2) is 10.7 Å². The summed E-state index contributed by atoms with van der Waals surface area (Å²) in [5.41, 5.74) is -2.36. The number of fused-ring (bicyclic) bond motifs is 1. The maximum Gasteiger partial charge on any atom is 0.435 e. The van der Waals surface area contributed by atoms with Gasteiger partial charge in [0, 0.05) is 24.5 Å². The molecule has 1 aliphatic carbocycles. The summed E-state index contributed by atoms with van der Waals surface area (Å²) in [5, 5.41) is 11.8. The van der Waals surface area contributed by atoms with E-state index >= 15 is 0 Å². The second-order valence-electron chi connectivity index (χ2n) is 6.99. The quantitative estimate of drug-likeness (QED) is 0.506. The summed E-state index contributed by atoms with van der Waals surface area (Å²) >= 11 is 6.03. The van der Waals surface area contributed by atoms with Crippen LogP contribution in [0.2, 0.25) is 5.15 Å². The van der Waals surface area contributed by atoms with Gasteiger partial charge < -0.3 is 0 Å². The van der Waals surface area contributed by atoms with Gasteiger partial charge in [-0.05, 0) is 12.3 Å². The molecule has 0 N–H and O–H groups in total. The van der Waals surface area contributed by atoms with Gasteiger partial charge in [0.25, 0.3) is 5.56 Å². The van der Waals surface area contributed by atoms with E-state index in [0.717, 1.165) is 15.1 Å². The molecule has 0 unspecified atom stereocenters. The molecule has 0 radical (unpaired) electrons. The van der Waals surface area contributed by atoms with Crippen LogP contribution < -0.4 is 5.56 Å². The van der Waals surface area contributed by atoms with Gasteiger partial charge in [-0.15, -0.1) is 0 Å². The first kappa shape index (κ1) is 21.6. The van der Waals surface area contributed by atoms with E-state index in [2.05, 4.69) is 10.1 Å². The van der Waals surface area contributed by atoms with Crippen molar-refractivity contribution in [2.45, 2.75) is 37.7 Å². The molecular weight excluding hydrogens is 472 g/mol. The Bertz CT molecular complexity index is 1270. The van der Waals surface area contributed by atoms with Gasteiger partial charge in [0.2, 0.25) is 0 Å². The van der Waals surface area contributed by atoms with Gasteiger partial charge in [0.05, 0.1) is 24.0 Å². The zero-order valence-corrected chi connectivity index (χ0v) is 16.7. The molecule has 1 fully saturated rings. The summed E-state index contributed by atoms with van der Waals surface area (Å²) in [4.78, 5) is 15.5. The fourth-order valence-corrected chi connectivity index (χ4v) is 4.67. The third kappa shape index (κ3) is 4.01. The summed E-state index contributed by atoms with van der Waals surface area (Å²) < 4.78 is 80.8. The first-order valence-corrected chi connectivity index (χ1v) is 9.89. The predicted octanol–water partition coefficient (Wildman–Crippen LogP) is 4.71. The Morgan fingerprint density at radius 3 is 2.52 bits per heavy atom. The number of nitrogens with zero attached hydrogens (tertiary/aromatic N) is 5. The second-order valence-corrected chi connectivity index (χ2v) is 8.35. The lowest BCUT2D eigenvalue weighted by atomic mass is 10.2. The van der Waals surface area contributed by atoms with Crippen molar-refractivity contribution in [3.8, 4) is 6.07 Å². The van der Waals surface area contributed by atoms with Gasteiger partial charge in [-0.3, -0.25) is 9.20 Å². The summed E-state index contributed by atoms with van der Waals surface area (Å²) in [6.45, 7) is -0.435. The number of hydrogen-bond acceptors (Lipinski definition) is 5. The van der Waals surface area contributed by atoms with Crippen molar-refractivity contribution in [3.63, 3.8) is 0 Å². The second kappa shape index (κ2) is 7.23. The number of halogens is 7. The molecule has 3 aromatic heterocycles. The lowest BCUT2D eigenvalue weighted by molar-refractivity contribution is -0.141. The van der Waals surface area contributed by atoms with Crippen LogP contribution in [0.25, 0.3) is 4.96 Å². The van der Waals surface area contributed by atoms with Crippen LogP contribution in [0.5, 0.6) is 0 Å². The largest absolute Gasteiger partial charge is 0.435 e. The van der Waals surface area contributed by atoms with Crippen LogP contribution in [0.1, 0.15) is 40.7 Å². The number of rotatable bonds is 4. The monoisotopic (exact) mass is 481 g/mol. The molecule has 31 heavy (non-hydrogen) atoms. The van der Waals surface area contributed by atoms with Crippen molar-refractivity contribution < 1.29 is 26.3 Å². The van der Waals surface area contributed by atoms with Gasteiger partial charge >= 0.3 is 12.4 Å². The zero-order valence-electron chi connectivity index (χ0n) is 15.1. The molecule has 164 valence electrons. The van der Waals surface area contributed by atoms with Crippen LogP contribution in [0.4, 0.5) is 26.3 Å². The number of thiazole rings is 1. The lowest BCUT2D eigenvalue weighted by Crippen LogP contribution is -2.19. The Kier molecular flexibility index (Phi) is 5.05. The fraction of sp³-hybridized carbons (Fsp3) is 0.412. The average Bonchev–Trinajstić information content (AvgIpc) is 3.10. The van der Waals surface area contributed by atoms with Crippen LogP contribution in [-0.2, 0) is 18.9 Å². The van der Waals surface area contributed by atoms with E-state index in [1.54, 1.807) is 0 Å². The molecule has 0 amide bonds. The smallest absolute Gasteiger partial charge is 0.269 e. The molecule has 3 heterocycles. The SMILES string of the molecule is N#CC[C@@H]1C[C@H]1c1c(C(F)(F)F)sc2nc(Cn3nc(C(F)(F)F)cc3Cl)cc(=O)n12. The topological polar surface area (TPSA) is 76.0 Å². The first-order chi connectivity index (χ1) is 14.4. The summed E-state index contributed by atoms with van der Waals surface area (Å²) in [6.07, 6.45) is -9.05. The average molecular weight is 482 g/mol. The van der Waals surface area contributed by atoms with Crippen LogP contribution in [-0.4, -0.2) is 19.2 Å². The number of aromatic nitrogens is 4. The van der Waals surface area contributed by atoms with Gasteiger partial charge in [-0.1, -0.05) is 22.9 Å². The summed E-state index contributed by atoms with van der Waals surface area (Å²) in [5.74, 6) is -0.871.